The van der Waals surface area contributed by atoms with Crippen LogP contribution in [0.25, 0.3) is 0 Å². The van der Waals surface area contributed by atoms with Crippen LogP contribution in [-0.2, 0) is 9.53 Å². The molecular weight excluding hydrogens is 300 g/mol. The number of pyridine rings is 1. The van der Waals surface area contributed by atoms with Crippen molar-refractivity contribution in [2.45, 2.75) is 70.8 Å². The monoisotopic (exact) mass is 330 g/mol. The highest BCUT2D eigenvalue weighted by Gasteiger charge is 2.20. The lowest BCUT2D eigenvalue weighted by Crippen LogP contribution is -2.27. The van der Waals surface area contributed by atoms with Crippen LogP contribution in [0.3, 0.4) is 0 Å². The molecule has 1 aromatic rings. The third-order valence-electron chi connectivity index (χ3n) is 4.37. The Bertz CT molecular complexity index is 514. The third kappa shape index (κ3) is 6.83. The molecule has 0 amide bonds. The Morgan fingerprint density at radius 2 is 2.00 bits per heavy atom. The van der Waals surface area contributed by atoms with Crippen LogP contribution in [-0.4, -0.2) is 17.5 Å². The molecule has 1 aromatic heterocycles. The molecule has 0 bridgehead atoms. The van der Waals surface area contributed by atoms with E-state index in [9.17, 15) is 4.79 Å². The zero-order chi connectivity index (χ0) is 17.0. The molecule has 1 atom stereocenters. The number of nitrogens with zero attached hydrogens (tertiary/aromatic N) is 1. The molecular formula is C20H30N2O2. The first-order chi connectivity index (χ1) is 11.8. The predicted octanol–water partition coefficient (Wildman–Crippen LogP) is 4.68. The minimum atomic E-state index is -0.100. The molecule has 4 nitrogen and oxygen atoms in total. The number of rotatable bonds is 10. The third-order valence-corrected chi connectivity index (χ3v) is 4.37. The molecule has 1 unspecified atom stereocenters. The quantitative estimate of drug-likeness (QED) is 0.500. The van der Waals surface area contributed by atoms with E-state index in [1.165, 1.54) is 32.1 Å². The van der Waals surface area contributed by atoms with Gasteiger partial charge in [-0.1, -0.05) is 51.5 Å². The highest BCUT2D eigenvalue weighted by atomic mass is 16.5. The van der Waals surface area contributed by atoms with Gasteiger partial charge in [0.2, 0.25) is 0 Å². The predicted molar refractivity (Wildman–Crippen MR) is 96.4 cm³/mol. The summed E-state index contributed by atoms with van der Waals surface area (Å²) < 4.78 is 5.54. The number of aromatic nitrogens is 1. The van der Waals surface area contributed by atoms with Crippen molar-refractivity contribution in [3.05, 3.63) is 41.9 Å². The number of ether oxygens (including phenoxy) is 1. The van der Waals surface area contributed by atoms with Gasteiger partial charge in [0.05, 0.1) is 11.7 Å². The van der Waals surface area contributed by atoms with Gasteiger partial charge in [-0.25, -0.2) is 0 Å². The first-order valence-corrected chi connectivity index (χ1v) is 9.33. The van der Waals surface area contributed by atoms with Gasteiger partial charge in [-0.15, -0.1) is 0 Å². The number of hydrogen-bond donors (Lipinski definition) is 1. The molecule has 1 N–H and O–H groups in total. The van der Waals surface area contributed by atoms with Crippen molar-refractivity contribution >= 4 is 5.97 Å². The summed E-state index contributed by atoms with van der Waals surface area (Å²) in [6.45, 7) is 2.94. The Labute approximate surface area is 145 Å². The van der Waals surface area contributed by atoms with Crippen LogP contribution in [0.15, 0.2) is 36.2 Å². The second kappa shape index (κ2) is 11.0. The van der Waals surface area contributed by atoms with Crippen LogP contribution >= 0.6 is 0 Å². The molecule has 0 fully saturated rings. The van der Waals surface area contributed by atoms with Gasteiger partial charge >= 0.3 is 5.97 Å². The minimum absolute atomic E-state index is 0.100. The number of carbonyl (C=O) groups excluding carboxylic acids is 1. The fraction of sp³-hybridized carbons (Fsp3) is 0.600. The Balaban J connectivity index is 1.64. The number of unbranched alkanes of at least 4 members (excludes halogenated alkanes) is 6. The summed E-state index contributed by atoms with van der Waals surface area (Å²) in [4.78, 5) is 16.4. The van der Waals surface area contributed by atoms with Crippen molar-refractivity contribution in [3.63, 3.8) is 0 Å². The van der Waals surface area contributed by atoms with E-state index in [4.69, 9.17) is 4.74 Å². The van der Waals surface area contributed by atoms with Crippen molar-refractivity contribution in [1.82, 2.24) is 10.3 Å². The molecule has 0 radical (unpaired) electrons. The van der Waals surface area contributed by atoms with E-state index in [0.29, 0.717) is 19.4 Å². The van der Waals surface area contributed by atoms with E-state index in [0.717, 1.165) is 24.3 Å². The van der Waals surface area contributed by atoms with Crippen molar-refractivity contribution in [3.8, 4) is 0 Å². The Morgan fingerprint density at radius 1 is 1.21 bits per heavy atom. The molecule has 2 heterocycles. The lowest BCUT2D eigenvalue weighted by Gasteiger charge is -2.23. The molecule has 132 valence electrons. The van der Waals surface area contributed by atoms with Gasteiger partial charge in [-0.05, 0) is 24.6 Å². The van der Waals surface area contributed by atoms with Gasteiger partial charge in [0.1, 0.15) is 5.76 Å². The van der Waals surface area contributed by atoms with Crippen molar-refractivity contribution in [1.29, 1.82) is 0 Å². The number of hydrogen-bond acceptors (Lipinski definition) is 4. The van der Waals surface area contributed by atoms with Crippen LogP contribution in [0.1, 0.15) is 76.4 Å². The first-order valence-electron chi connectivity index (χ1n) is 9.33. The van der Waals surface area contributed by atoms with Gasteiger partial charge in [0, 0.05) is 25.6 Å². The van der Waals surface area contributed by atoms with E-state index in [-0.39, 0.29) is 12.0 Å². The molecule has 0 aromatic carbocycles. The number of esters is 1. The largest absolute Gasteiger partial charge is 0.431 e. The molecule has 1 aliphatic rings. The smallest absolute Gasteiger partial charge is 0.310 e. The summed E-state index contributed by atoms with van der Waals surface area (Å²) in [5, 5.41) is 3.39. The molecule has 2 rings (SSSR count). The average molecular weight is 330 g/mol. The molecule has 4 heteroatoms. The highest BCUT2D eigenvalue weighted by Crippen LogP contribution is 2.23. The van der Waals surface area contributed by atoms with Gasteiger partial charge in [-0.2, -0.15) is 0 Å². The fourth-order valence-electron chi connectivity index (χ4n) is 2.97. The maximum atomic E-state index is 12.0. The summed E-state index contributed by atoms with van der Waals surface area (Å²) in [6, 6.07) is 6.01. The lowest BCUT2D eigenvalue weighted by molar-refractivity contribution is -0.140. The zero-order valence-electron chi connectivity index (χ0n) is 14.8. The molecule has 0 aliphatic carbocycles. The van der Waals surface area contributed by atoms with Crippen molar-refractivity contribution in [2.24, 2.45) is 0 Å². The van der Waals surface area contributed by atoms with Gasteiger partial charge < -0.3 is 10.1 Å². The number of carbonyl (C=O) groups is 1. The standard InChI is InChI=1S/C20H30N2O2/c1-2-3-4-5-6-7-8-12-20(23)24-17-13-15-22-19(16-17)18-11-9-10-14-21-18/h9-11,13-14,19,22H,2-8,12,15-16H2,1H3. The Kier molecular flexibility index (Phi) is 8.53. The summed E-state index contributed by atoms with van der Waals surface area (Å²) in [6.07, 6.45) is 13.4. The summed E-state index contributed by atoms with van der Waals surface area (Å²) in [5.74, 6) is 0.675. The number of nitrogens with one attached hydrogen (secondary N) is 1. The van der Waals surface area contributed by atoms with E-state index >= 15 is 0 Å². The Hall–Kier alpha value is -1.68. The molecule has 1 aliphatic heterocycles. The summed E-state index contributed by atoms with van der Waals surface area (Å²) >= 11 is 0. The van der Waals surface area contributed by atoms with Crippen molar-refractivity contribution in [2.75, 3.05) is 6.54 Å². The molecule has 0 saturated carbocycles. The molecule has 24 heavy (non-hydrogen) atoms. The second-order valence-corrected chi connectivity index (χ2v) is 6.44. The van der Waals surface area contributed by atoms with Crippen LogP contribution < -0.4 is 5.32 Å². The highest BCUT2D eigenvalue weighted by molar-refractivity contribution is 5.70. The first kappa shape index (κ1) is 18.7. The summed E-state index contributed by atoms with van der Waals surface area (Å²) in [7, 11) is 0. The van der Waals surface area contributed by atoms with Crippen LogP contribution in [0.2, 0.25) is 0 Å². The fourth-order valence-corrected chi connectivity index (χ4v) is 2.97. The molecule has 0 saturated heterocycles. The van der Waals surface area contributed by atoms with E-state index < -0.39 is 0 Å². The topological polar surface area (TPSA) is 51.2 Å². The van der Waals surface area contributed by atoms with E-state index in [1.54, 1.807) is 6.20 Å². The van der Waals surface area contributed by atoms with Crippen LogP contribution in [0, 0.1) is 0 Å². The SMILES string of the molecule is CCCCCCCCCC(=O)OC1=CCNC(c2ccccn2)C1. The van der Waals surface area contributed by atoms with Gasteiger partial charge in [-0.3, -0.25) is 9.78 Å². The minimum Gasteiger partial charge on any atom is -0.431 e. The average Bonchev–Trinajstić information content (AvgIpc) is 2.62. The van der Waals surface area contributed by atoms with E-state index in [1.807, 2.05) is 24.3 Å². The summed E-state index contributed by atoms with van der Waals surface area (Å²) in [5.41, 5.74) is 0.992. The zero-order valence-corrected chi connectivity index (χ0v) is 14.8. The maximum absolute atomic E-state index is 12.0. The van der Waals surface area contributed by atoms with E-state index in [2.05, 4.69) is 17.2 Å². The Morgan fingerprint density at radius 3 is 2.75 bits per heavy atom. The lowest BCUT2D eigenvalue weighted by atomic mass is 10.0. The maximum Gasteiger partial charge on any atom is 0.310 e. The van der Waals surface area contributed by atoms with Gasteiger partial charge in [0.15, 0.2) is 0 Å². The van der Waals surface area contributed by atoms with Crippen molar-refractivity contribution < 1.29 is 9.53 Å². The van der Waals surface area contributed by atoms with Crippen LogP contribution in [0.5, 0.6) is 0 Å². The normalized spacial score (nSPS) is 17.4. The van der Waals surface area contributed by atoms with Crippen LogP contribution in [0.4, 0.5) is 0 Å². The van der Waals surface area contributed by atoms with Gasteiger partial charge in [0.25, 0.3) is 0 Å². The molecule has 0 spiro atoms. The second-order valence-electron chi connectivity index (χ2n) is 6.44.